The Balaban J connectivity index is 1.33. The van der Waals surface area contributed by atoms with E-state index in [-0.39, 0.29) is 5.91 Å². The first kappa shape index (κ1) is 19.3. The topological polar surface area (TPSA) is 71.8 Å². The summed E-state index contributed by atoms with van der Waals surface area (Å²) < 4.78 is 2.07. The molecule has 1 aromatic carbocycles. The number of nitrogens with zero attached hydrogens (tertiary/aromatic N) is 3. The van der Waals surface area contributed by atoms with E-state index in [0.29, 0.717) is 12.8 Å². The first-order chi connectivity index (χ1) is 14.3. The lowest BCUT2D eigenvalue weighted by Crippen LogP contribution is -2.14. The van der Waals surface area contributed by atoms with Crippen LogP contribution in [0.3, 0.4) is 0 Å². The van der Waals surface area contributed by atoms with Crippen LogP contribution in [0.4, 0.5) is 5.69 Å². The molecule has 6 heteroatoms. The smallest absolute Gasteiger partial charge is 0.224 e. The molecule has 0 aliphatic carbocycles. The van der Waals surface area contributed by atoms with Crippen molar-refractivity contribution in [3.05, 3.63) is 77.4 Å². The van der Waals surface area contributed by atoms with Gasteiger partial charge in [0.2, 0.25) is 5.91 Å². The number of carbonyl (C=O) groups excluding carboxylic acids is 1. The SMILES string of the molecule is O=C(CCc1cc2n(n1)CCCNC2)Nc1ccccc1CCc1ccccn1. The monoisotopic (exact) mass is 389 g/mol. The lowest BCUT2D eigenvalue weighted by atomic mass is 10.1. The van der Waals surface area contributed by atoms with E-state index in [0.717, 1.165) is 61.5 Å². The van der Waals surface area contributed by atoms with E-state index in [1.165, 1.54) is 5.69 Å². The van der Waals surface area contributed by atoms with Gasteiger partial charge >= 0.3 is 0 Å². The van der Waals surface area contributed by atoms with Gasteiger partial charge in [0.15, 0.2) is 0 Å². The number of hydrogen-bond donors (Lipinski definition) is 2. The second-order valence-corrected chi connectivity index (χ2v) is 7.41. The summed E-state index contributed by atoms with van der Waals surface area (Å²) in [4.78, 5) is 16.9. The standard InChI is InChI=1S/C23H27N5O/c29-23(12-11-20-16-21-17-24-13-5-15-28(21)27-20)26-22-8-2-1-6-18(22)9-10-19-7-3-4-14-25-19/h1-4,6-8,14,16,24H,5,9-13,15,17H2,(H,26,29). The van der Waals surface area contributed by atoms with Crippen molar-refractivity contribution in [2.75, 3.05) is 11.9 Å². The molecule has 29 heavy (non-hydrogen) atoms. The second-order valence-electron chi connectivity index (χ2n) is 7.41. The Morgan fingerprint density at radius 2 is 1.97 bits per heavy atom. The highest BCUT2D eigenvalue weighted by atomic mass is 16.1. The molecule has 1 amide bonds. The number of anilines is 1. The van der Waals surface area contributed by atoms with Gasteiger partial charge in [0.25, 0.3) is 0 Å². The molecule has 0 bridgehead atoms. The zero-order chi connectivity index (χ0) is 19.9. The first-order valence-electron chi connectivity index (χ1n) is 10.3. The Bertz CT molecular complexity index is 927. The van der Waals surface area contributed by atoms with Gasteiger partial charge in [-0.15, -0.1) is 0 Å². The van der Waals surface area contributed by atoms with Gasteiger partial charge in [-0.3, -0.25) is 14.5 Å². The van der Waals surface area contributed by atoms with Crippen molar-refractivity contribution in [3.63, 3.8) is 0 Å². The van der Waals surface area contributed by atoms with Crippen molar-refractivity contribution < 1.29 is 4.79 Å². The van der Waals surface area contributed by atoms with Crippen LogP contribution in [-0.4, -0.2) is 27.2 Å². The molecule has 2 aromatic heterocycles. The minimum atomic E-state index is 0.0246. The summed E-state index contributed by atoms with van der Waals surface area (Å²) in [7, 11) is 0. The van der Waals surface area contributed by atoms with E-state index >= 15 is 0 Å². The van der Waals surface area contributed by atoms with Gasteiger partial charge in [0.1, 0.15) is 0 Å². The maximum absolute atomic E-state index is 12.5. The van der Waals surface area contributed by atoms with E-state index in [1.54, 1.807) is 0 Å². The molecule has 0 atom stereocenters. The van der Waals surface area contributed by atoms with Crippen LogP contribution in [0, 0.1) is 0 Å². The normalized spacial score (nSPS) is 13.5. The Labute approximate surface area is 171 Å². The fourth-order valence-electron chi connectivity index (χ4n) is 3.67. The Kier molecular flexibility index (Phi) is 6.32. The van der Waals surface area contributed by atoms with Gasteiger partial charge < -0.3 is 10.6 Å². The van der Waals surface area contributed by atoms with Crippen LogP contribution in [0.2, 0.25) is 0 Å². The number of rotatable bonds is 7. The average molecular weight is 390 g/mol. The van der Waals surface area contributed by atoms with E-state index in [2.05, 4.69) is 37.5 Å². The molecule has 1 aliphatic heterocycles. The highest BCUT2D eigenvalue weighted by Crippen LogP contribution is 2.18. The van der Waals surface area contributed by atoms with Gasteiger partial charge in [-0.25, -0.2) is 0 Å². The number of fused-ring (bicyclic) bond motifs is 1. The first-order valence-corrected chi connectivity index (χ1v) is 10.3. The second kappa shape index (κ2) is 9.47. The molecule has 0 radical (unpaired) electrons. The number of benzene rings is 1. The third-order valence-electron chi connectivity index (χ3n) is 5.22. The third-order valence-corrected chi connectivity index (χ3v) is 5.22. The summed E-state index contributed by atoms with van der Waals surface area (Å²) in [5.74, 6) is 0.0246. The molecule has 3 heterocycles. The molecule has 4 rings (SSSR count). The number of carbonyl (C=O) groups is 1. The summed E-state index contributed by atoms with van der Waals surface area (Å²) in [6, 6.07) is 16.1. The Morgan fingerprint density at radius 1 is 1.07 bits per heavy atom. The molecule has 0 saturated carbocycles. The number of aromatic nitrogens is 3. The predicted molar refractivity (Wildman–Crippen MR) is 114 cm³/mol. The summed E-state index contributed by atoms with van der Waals surface area (Å²) in [6.07, 6.45) is 5.68. The summed E-state index contributed by atoms with van der Waals surface area (Å²) >= 11 is 0. The molecule has 6 nitrogen and oxygen atoms in total. The van der Waals surface area contributed by atoms with Crippen LogP contribution in [-0.2, 0) is 37.1 Å². The summed E-state index contributed by atoms with van der Waals surface area (Å²) in [5.41, 5.74) is 5.27. The molecule has 3 aromatic rings. The maximum Gasteiger partial charge on any atom is 0.224 e. The lowest BCUT2D eigenvalue weighted by molar-refractivity contribution is -0.116. The van der Waals surface area contributed by atoms with Crippen molar-refractivity contribution >= 4 is 11.6 Å². The molecule has 0 saturated heterocycles. The number of nitrogens with one attached hydrogen (secondary N) is 2. The van der Waals surface area contributed by atoms with Gasteiger partial charge in [-0.05, 0) is 55.6 Å². The third kappa shape index (κ3) is 5.29. The van der Waals surface area contributed by atoms with Crippen LogP contribution < -0.4 is 10.6 Å². The minimum Gasteiger partial charge on any atom is -0.326 e. The molecular weight excluding hydrogens is 362 g/mol. The van der Waals surface area contributed by atoms with E-state index in [1.807, 2.05) is 42.6 Å². The zero-order valence-corrected chi connectivity index (χ0v) is 16.6. The zero-order valence-electron chi connectivity index (χ0n) is 16.6. The van der Waals surface area contributed by atoms with Crippen LogP contribution in [0.25, 0.3) is 0 Å². The maximum atomic E-state index is 12.5. The molecule has 2 N–H and O–H groups in total. The number of aryl methyl sites for hydroxylation is 4. The van der Waals surface area contributed by atoms with Crippen LogP contribution in [0.1, 0.15) is 35.5 Å². The highest BCUT2D eigenvalue weighted by molar-refractivity contribution is 5.91. The molecule has 0 fully saturated rings. The number of pyridine rings is 1. The van der Waals surface area contributed by atoms with Crippen LogP contribution in [0.5, 0.6) is 0 Å². The summed E-state index contributed by atoms with van der Waals surface area (Å²) in [6.45, 7) is 2.82. The number of para-hydroxylation sites is 1. The van der Waals surface area contributed by atoms with E-state index in [9.17, 15) is 4.79 Å². The summed E-state index contributed by atoms with van der Waals surface area (Å²) in [5, 5.41) is 11.1. The Hall–Kier alpha value is -2.99. The molecule has 0 unspecified atom stereocenters. The number of hydrogen-bond acceptors (Lipinski definition) is 4. The minimum absolute atomic E-state index is 0.0246. The predicted octanol–water partition coefficient (Wildman–Crippen LogP) is 3.13. The van der Waals surface area contributed by atoms with Crippen LogP contribution in [0.15, 0.2) is 54.7 Å². The molecule has 150 valence electrons. The van der Waals surface area contributed by atoms with Crippen molar-refractivity contribution in [1.82, 2.24) is 20.1 Å². The Morgan fingerprint density at radius 3 is 2.86 bits per heavy atom. The fourth-order valence-corrected chi connectivity index (χ4v) is 3.67. The fraction of sp³-hybridized carbons (Fsp3) is 0.348. The van der Waals surface area contributed by atoms with Crippen molar-refractivity contribution in [2.24, 2.45) is 0 Å². The quantitative estimate of drug-likeness (QED) is 0.651. The van der Waals surface area contributed by atoms with E-state index in [4.69, 9.17) is 0 Å². The van der Waals surface area contributed by atoms with Crippen molar-refractivity contribution in [1.29, 1.82) is 0 Å². The molecule has 1 aliphatic rings. The van der Waals surface area contributed by atoms with E-state index < -0.39 is 0 Å². The van der Waals surface area contributed by atoms with Crippen molar-refractivity contribution in [3.8, 4) is 0 Å². The van der Waals surface area contributed by atoms with Gasteiger partial charge in [-0.1, -0.05) is 24.3 Å². The lowest BCUT2D eigenvalue weighted by Gasteiger charge is -2.11. The van der Waals surface area contributed by atoms with Crippen molar-refractivity contribution in [2.45, 2.75) is 45.2 Å². The van der Waals surface area contributed by atoms with Crippen LogP contribution >= 0.6 is 0 Å². The van der Waals surface area contributed by atoms with Gasteiger partial charge in [0.05, 0.1) is 11.4 Å². The molecular formula is C23H27N5O. The largest absolute Gasteiger partial charge is 0.326 e. The molecule has 0 spiro atoms. The van der Waals surface area contributed by atoms with Gasteiger partial charge in [0, 0.05) is 43.5 Å². The highest BCUT2D eigenvalue weighted by Gasteiger charge is 2.13. The average Bonchev–Trinajstić information content (AvgIpc) is 3.01. The number of amides is 1. The van der Waals surface area contributed by atoms with Gasteiger partial charge in [-0.2, -0.15) is 5.10 Å².